The Morgan fingerprint density at radius 1 is 1.50 bits per heavy atom. The Labute approximate surface area is 105 Å². The fraction of sp³-hybridized carbons (Fsp3) is 0.727. The topological polar surface area (TPSA) is 29.1 Å². The number of nitrogens with one attached hydrogen (secondary N) is 1. The maximum atomic E-state index is 11.1. The Bertz CT molecular complexity index is 171. The summed E-state index contributed by atoms with van der Waals surface area (Å²) in [6.45, 7) is 5.67. The van der Waals surface area contributed by atoms with E-state index in [1.54, 1.807) is 0 Å². The summed E-state index contributed by atoms with van der Waals surface area (Å²) in [7, 11) is 0. The quantitative estimate of drug-likeness (QED) is 0.367. The van der Waals surface area contributed by atoms with Gasteiger partial charge in [0.15, 0.2) is 0 Å². The number of amides is 1. The van der Waals surface area contributed by atoms with Crippen LogP contribution in [0.5, 0.6) is 0 Å². The van der Waals surface area contributed by atoms with Crippen molar-refractivity contribution < 1.29 is 4.79 Å². The third-order valence-corrected chi connectivity index (χ3v) is 3.42. The average molecular weight is 205 g/mol. The fourth-order valence-electron chi connectivity index (χ4n) is 1.46. The molecule has 0 aromatic rings. The van der Waals surface area contributed by atoms with Gasteiger partial charge in [-0.15, -0.1) is 0 Å². The first-order valence-electron chi connectivity index (χ1n) is 5.67. The van der Waals surface area contributed by atoms with E-state index in [1.165, 1.54) is 31.8 Å². The summed E-state index contributed by atoms with van der Waals surface area (Å²) in [5.41, 5.74) is 0. The predicted octanol–water partition coefficient (Wildman–Crippen LogP) is 2.21. The molecule has 0 aliphatic rings. The first kappa shape index (κ1) is 14.2. The monoisotopic (exact) mass is 205 g/mol. The van der Waals surface area contributed by atoms with Crippen molar-refractivity contribution in [1.82, 2.24) is 5.32 Å². The van der Waals surface area contributed by atoms with Gasteiger partial charge in [-0.3, -0.25) is 0 Å². The summed E-state index contributed by atoms with van der Waals surface area (Å²) in [5.74, 6) is -0.0265. The van der Waals surface area contributed by atoms with E-state index in [4.69, 9.17) is 0 Å². The predicted molar refractivity (Wildman–Crippen MR) is 61.4 cm³/mol. The zero-order chi connectivity index (χ0) is 10.8. The molecule has 1 atom stereocenters. The van der Waals surface area contributed by atoms with Gasteiger partial charge in [0.25, 0.3) is 0 Å². The number of carbonyl (C=O) groups excluding carboxylic acids is 1. The first-order valence-corrected chi connectivity index (χ1v) is 7.08. The Morgan fingerprint density at radius 2 is 2.21 bits per heavy atom. The van der Waals surface area contributed by atoms with Crippen molar-refractivity contribution >= 4 is 33.8 Å². The third kappa shape index (κ3) is 7.60. The van der Waals surface area contributed by atoms with Crippen LogP contribution in [0, 0.1) is 0 Å². The molecular formula is C11H20NNaO. The molecule has 1 N–H and O–H groups in total. The first-order chi connectivity index (χ1) is 6.74. The molecule has 3 heteroatoms. The number of rotatable bonds is 8. The van der Waals surface area contributed by atoms with Crippen molar-refractivity contribution in [3.05, 3.63) is 12.7 Å². The van der Waals surface area contributed by atoms with E-state index in [9.17, 15) is 4.79 Å². The van der Waals surface area contributed by atoms with Gasteiger partial charge < -0.3 is 0 Å². The van der Waals surface area contributed by atoms with Crippen molar-refractivity contribution in [3.63, 3.8) is 0 Å². The Hall–Kier alpha value is 0.210. The van der Waals surface area contributed by atoms with E-state index in [2.05, 4.69) is 18.8 Å². The van der Waals surface area contributed by atoms with E-state index >= 15 is 0 Å². The third-order valence-electron chi connectivity index (χ3n) is 2.43. The molecule has 14 heavy (non-hydrogen) atoms. The molecule has 0 saturated heterocycles. The van der Waals surface area contributed by atoms with Crippen LogP contribution >= 0.6 is 0 Å². The Kier molecular flexibility index (Phi) is 9.90. The molecule has 0 spiro atoms. The van der Waals surface area contributed by atoms with E-state index in [0.717, 1.165) is 38.0 Å². The molecule has 76 valence electrons. The van der Waals surface area contributed by atoms with Crippen molar-refractivity contribution in [3.8, 4) is 0 Å². The second kappa shape index (κ2) is 9.75. The summed E-state index contributed by atoms with van der Waals surface area (Å²) in [6, 6.07) is 0.393. The van der Waals surface area contributed by atoms with E-state index in [-0.39, 0.29) is 5.91 Å². The molecule has 0 aromatic heterocycles. The van der Waals surface area contributed by atoms with Gasteiger partial charge in [0.1, 0.15) is 0 Å². The van der Waals surface area contributed by atoms with Crippen LogP contribution in [0.1, 0.15) is 39.0 Å². The molecule has 0 aromatic carbocycles. The molecule has 0 saturated carbocycles. The second-order valence-electron chi connectivity index (χ2n) is 3.67. The van der Waals surface area contributed by atoms with Crippen LogP contribution in [-0.4, -0.2) is 39.9 Å². The molecule has 1 amide bonds. The number of unbranched alkanes of at least 4 members (excludes halogenated alkanes) is 3. The molecular weight excluding hydrogens is 185 g/mol. The fourth-order valence-corrected chi connectivity index (χ4v) is 2.07. The Morgan fingerprint density at radius 3 is 2.71 bits per heavy atom. The zero-order valence-corrected chi connectivity index (χ0v) is 11.5. The Balaban J connectivity index is 3.57. The standard InChI is InChI=1S/C11H20NO.Na/c1-4-6-7-8-9-10(3)12-11(13)5-2;/h5,10H,2-4,6-9H2,1H3,(H,12,13);. The zero-order valence-electron chi connectivity index (χ0n) is 9.51. The molecule has 2 nitrogen and oxygen atoms in total. The van der Waals surface area contributed by atoms with Gasteiger partial charge in [-0.25, -0.2) is 0 Å². The minimum absolute atomic E-state index is 0.0265. The molecule has 0 aliphatic carbocycles. The van der Waals surface area contributed by atoms with Gasteiger partial charge in [0.05, 0.1) is 0 Å². The summed E-state index contributed by atoms with van der Waals surface area (Å²) in [4.78, 5) is 11.1. The van der Waals surface area contributed by atoms with Gasteiger partial charge in [-0.05, 0) is 0 Å². The van der Waals surface area contributed by atoms with Crippen molar-refractivity contribution in [2.45, 2.75) is 48.7 Å². The van der Waals surface area contributed by atoms with Crippen LogP contribution in [0.4, 0.5) is 0 Å². The molecule has 1 unspecified atom stereocenters. The summed E-state index contributed by atoms with van der Waals surface area (Å²) >= 11 is 1.15. The van der Waals surface area contributed by atoms with Gasteiger partial charge >= 0.3 is 105 Å². The molecule has 0 aliphatic heterocycles. The van der Waals surface area contributed by atoms with Gasteiger partial charge in [-0.2, -0.15) is 0 Å². The van der Waals surface area contributed by atoms with Crippen LogP contribution < -0.4 is 5.32 Å². The average Bonchev–Trinajstić information content (AvgIpc) is 2.22. The summed E-state index contributed by atoms with van der Waals surface area (Å²) in [6.07, 6.45) is 7.59. The second-order valence-corrected chi connectivity index (χ2v) is 4.48. The minimum atomic E-state index is -0.0265. The van der Waals surface area contributed by atoms with Crippen LogP contribution in [-0.2, 0) is 4.79 Å². The summed E-state index contributed by atoms with van der Waals surface area (Å²) in [5, 5.41) is 2.97. The maximum absolute atomic E-state index is 11.1. The molecule has 0 radical (unpaired) electrons. The van der Waals surface area contributed by atoms with Gasteiger partial charge in [0.2, 0.25) is 0 Å². The van der Waals surface area contributed by atoms with E-state index in [1.807, 2.05) is 0 Å². The molecule has 0 heterocycles. The van der Waals surface area contributed by atoms with Crippen LogP contribution in [0.15, 0.2) is 12.7 Å². The molecule has 0 fully saturated rings. The summed E-state index contributed by atoms with van der Waals surface area (Å²) < 4.78 is 1.14. The van der Waals surface area contributed by atoms with Crippen molar-refractivity contribution in [1.29, 1.82) is 0 Å². The van der Waals surface area contributed by atoms with Crippen LogP contribution in [0.25, 0.3) is 0 Å². The SMILES string of the molecule is C=CC(=O)NC([CH2][Na])CCCCCC. The van der Waals surface area contributed by atoms with Gasteiger partial charge in [-0.1, -0.05) is 0 Å². The molecule has 0 rings (SSSR count). The number of hydrogen-bond acceptors (Lipinski definition) is 1. The van der Waals surface area contributed by atoms with Crippen LogP contribution in [0.2, 0.25) is 3.67 Å². The number of carbonyl (C=O) groups is 1. The molecule has 0 bridgehead atoms. The van der Waals surface area contributed by atoms with E-state index < -0.39 is 0 Å². The van der Waals surface area contributed by atoms with Gasteiger partial charge in [0, 0.05) is 0 Å². The normalized spacial score (nSPS) is 12.2. The number of hydrogen-bond donors (Lipinski definition) is 1. The van der Waals surface area contributed by atoms with Crippen molar-refractivity contribution in [2.75, 3.05) is 0 Å². The van der Waals surface area contributed by atoms with Crippen LogP contribution in [0.3, 0.4) is 0 Å². The van der Waals surface area contributed by atoms with E-state index in [0.29, 0.717) is 6.04 Å². The van der Waals surface area contributed by atoms with Crippen molar-refractivity contribution in [2.24, 2.45) is 0 Å².